The van der Waals surface area contributed by atoms with Crippen LogP contribution in [-0.4, -0.2) is 48.3 Å². The van der Waals surface area contributed by atoms with Gasteiger partial charge < -0.3 is 24.8 Å². The fourth-order valence-electron chi connectivity index (χ4n) is 4.66. The average Bonchev–Trinajstić information content (AvgIpc) is 3.63. The fourth-order valence-corrected chi connectivity index (χ4v) is 5.19. The van der Waals surface area contributed by atoms with Crippen molar-refractivity contribution in [1.29, 1.82) is 0 Å². The summed E-state index contributed by atoms with van der Waals surface area (Å²) in [5, 5.41) is 7.55. The van der Waals surface area contributed by atoms with Crippen molar-refractivity contribution in [2.45, 2.75) is 58.4 Å². The summed E-state index contributed by atoms with van der Waals surface area (Å²) in [6.07, 6.45) is 7.50. The van der Waals surface area contributed by atoms with Crippen LogP contribution in [-0.2, 0) is 11.2 Å². The molecule has 0 aliphatic heterocycles. The zero-order valence-electron chi connectivity index (χ0n) is 26.7. The van der Waals surface area contributed by atoms with Gasteiger partial charge in [0, 0.05) is 22.8 Å². The van der Waals surface area contributed by atoms with Crippen LogP contribution in [0.25, 0.3) is 0 Å². The molecule has 2 amide bonds. The summed E-state index contributed by atoms with van der Waals surface area (Å²) in [5.74, 6) is -0.341. The number of ketones is 1. The Morgan fingerprint density at radius 2 is 1.57 bits per heavy atom. The molecule has 0 spiro atoms. The number of unbranched alkanes of at least 4 members (excludes halogenated alkanes) is 4. The highest BCUT2D eigenvalue weighted by molar-refractivity contribution is 7.11. The normalized spacial score (nSPS) is 11.3. The van der Waals surface area contributed by atoms with Crippen molar-refractivity contribution >= 4 is 40.6 Å². The standard InChI is InChI=1S/C36H39N3O7S/c1-4-5-6-7-8-20-45-29-16-12-27(13-17-29)36(43)46-31-18-9-25(23-32(31)44-3)22-30(24(2)40)39-33(41)26-10-14-28(15-11-26)38-34(42)35-37-19-21-47-35/h9-19,21,23,30H,4-8,20,22H2,1-3H3,(H,38,42)(H,39,41). The number of methoxy groups -OCH3 is 1. The molecule has 0 aliphatic rings. The largest absolute Gasteiger partial charge is 0.494 e. The zero-order valence-corrected chi connectivity index (χ0v) is 27.6. The molecule has 1 heterocycles. The number of esters is 1. The second-order valence-corrected chi connectivity index (χ2v) is 11.8. The average molecular weight is 658 g/mol. The maximum atomic E-state index is 13.0. The van der Waals surface area contributed by atoms with Crippen LogP contribution in [0.5, 0.6) is 17.2 Å². The second kappa shape index (κ2) is 17.6. The molecule has 11 heteroatoms. The zero-order chi connectivity index (χ0) is 33.6. The molecule has 0 bridgehead atoms. The number of amides is 2. The molecule has 0 fully saturated rings. The first kappa shape index (κ1) is 34.8. The van der Waals surface area contributed by atoms with Gasteiger partial charge in [0.25, 0.3) is 11.8 Å². The van der Waals surface area contributed by atoms with Gasteiger partial charge in [-0.15, -0.1) is 11.3 Å². The Labute approximate surface area is 278 Å². The van der Waals surface area contributed by atoms with Gasteiger partial charge in [0.2, 0.25) is 0 Å². The first-order valence-corrected chi connectivity index (χ1v) is 16.4. The summed E-state index contributed by atoms with van der Waals surface area (Å²) in [6.45, 7) is 4.22. The van der Waals surface area contributed by atoms with Crippen LogP contribution < -0.4 is 24.8 Å². The van der Waals surface area contributed by atoms with Gasteiger partial charge in [-0.1, -0.05) is 38.7 Å². The van der Waals surface area contributed by atoms with E-state index in [2.05, 4.69) is 22.5 Å². The minimum absolute atomic E-state index is 0.188. The Morgan fingerprint density at radius 3 is 2.23 bits per heavy atom. The van der Waals surface area contributed by atoms with Gasteiger partial charge >= 0.3 is 5.97 Å². The molecule has 2 N–H and O–H groups in total. The molecule has 1 atom stereocenters. The lowest BCUT2D eigenvalue weighted by molar-refractivity contribution is -0.118. The minimum atomic E-state index is -0.818. The number of rotatable bonds is 17. The number of carbonyl (C=O) groups excluding carboxylic acids is 4. The van der Waals surface area contributed by atoms with E-state index in [9.17, 15) is 19.2 Å². The molecule has 47 heavy (non-hydrogen) atoms. The van der Waals surface area contributed by atoms with Crippen LogP contribution in [0.1, 0.15) is 82.0 Å². The van der Waals surface area contributed by atoms with Crippen molar-refractivity contribution in [3.8, 4) is 17.2 Å². The topological polar surface area (TPSA) is 133 Å². The summed E-state index contributed by atoms with van der Waals surface area (Å²) < 4.78 is 16.9. The molecule has 246 valence electrons. The Hall–Kier alpha value is -5.03. The number of nitrogens with zero attached hydrogens (tertiary/aromatic N) is 1. The van der Waals surface area contributed by atoms with E-state index in [-0.39, 0.29) is 23.9 Å². The van der Waals surface area contributed by atoms with Crippen LogP contribution in [0.2, 0.25) is 0 Å². The molecule has 1 aromatic heterocycles. The van der Waals surface area contributed by atoms with E-state index < -0.39 is 17.9 Å². The number of ether oxygens (including phenoxy) is 3. The van der Waals surface area contributed by atoms with Crippen LogP contribution in [0, 0.1) is 0 Å². The molecule has 4 rings (SSSR count). The predicted molar refractivity (Wildman–Crippen MR) is 181 cm³/mol. The highest BCUT2D eigenvalue weighted by atomic mass is 32.1. The number of Topliss-reactive ketones (excluding diaryl/α,β-unsaturated/α-hetero) is 1. The number of thiazole rings is 1. The minimum Gasteiger partial charge on any atom is -0.494 e. The molecular formula is C36H39N3O7S. The van der Waals surface area contributed by atoms with Crippen LogP contribution in [0.15, 0.2) is 78.3 Å². The summed E-state index contributed by atoms with van der Waals surface area (Å²) in [6, 6.07) is 17.3. The van der Waals surface area contributed by atoms with E-state index in [1.807, 2.05) is 0 Å². The van der Waals surface area contributed by atoms with E-state index in [0.29, 0.717) is 45.5 Å². The molecular weight excluding hydrogens is 618 g/mol. The van der Waals surface area contributed by atoms with E-state index in [1.54, 1.807) is 78.3 Å². The summed E-state index contributed by atoms with van der Waals surface area (Å²) >= 11 is 1.22. The quantitative estimate of drug-likeness (QED) is 0.0712. The van der Waals surface area contributed by atoms with Crippen molar-refractivity contribution in [2.75, 3.05) is 19.0 Å². The summed E-state index contributed by atoms with van der Waals surface area (Å²) in [4.78, 5) is 54.5. The van der Waals surface area contributed by atoms with Crippen molar-refractivity contribution < 1.29 is 33.4 Å². The Morgan fingerprint density at radius 1 is 0.851 bits per heavy atom. The van der Waals surface area contributed by atoms with Gasteiger partial charge in [0.1, 0.15) is 5.75 Å². The van der Waals surface area contributed by atoms with Crippen molar-refractivity contribution in [3.63, 3.8) is 0 Å². The molecule has 1 unspecified atom stereocenters. The highest BCUT2D eigenvalue weighted by Gasteiger charge is 2.21. The smallest absolute Gasteiger partial charge is 0.343 e. The molecule has 3 aromatic carbocycles. The van der Waals surface area contributed by atoms with E-state index in [4.69, 9.17) is 14.2 Å². The van der Waals surface area contributed by atoms with Crippen LogP contribution in [0.4, 0.5) is 5.69 Å². The van der Waals surface area contributed by atoms with E-state index in [0.717, 1.165) is 12.8 Å². The maximum absolute atomic E-state index is 13.0. The van der Waals surface area contributed by atoms with Gasteiger partial charge in [-0.25, -0.2) is 9.78 Å². The maximum Gasteiger partial charge on any atom is 0.343 e. The number of carbonyl (C=O) groups is 4. The highest BCUT2D eigenvalue weighted by Crippen LogP contribution is 2.30. The van der Waals surface area contributed by atoms with Crippen LogP contribution >= 0.6 is 11.3 Å². The number of hydrogen-bond donors (Lipinski definition) is 2. The Bertz CT molecular complexity index is 1640. The molecule has 0 saturated heterocycles. The lowest BCUT2D eigenvalue weighted by Gasteiger charge is -2.17. The van der Waals surface area contributed by atoms with Gasteiger partial charge in [-0.3, -0.25) is 14.4 Å². The molecule has 10 nitrogen and oxygen atoms in total. The third-order valence-electron chi connectivity index (χ3n) is 7.30. The number of nitrogens with one attached hydrogen (secondary N) is 2. The molecule has 0 radical (unpaired) electrons. The molecule has 0 saturated carbocycles. The number of benzene rings is 3. The third-order valence-corrected chi connectivity index (χ3v) is 8.08. The first-order chi connectivity index (χ1) is 22.8. The molecule has 4 aromatic rings. The van der Waals surface area contributed by atoms with Gasteiger partial charge in [0.15, 0.2) is 22.3 Å². The first-order valence-electron chi connectivity index (χ1n) is 15.5. The Kier molecular flexibility index (Phi) is 13.1. The monoisotopic (exact) mass is 657 g/mol. The summed E-state index contributed by atoms with van der Waals surface area (Å²) in [5.41, 5.74) is 1.89. The van der Waals surface area contributed by atoms with E-state index in [1.165, 1.54) is 44.6 Å². The number of anilines is 1. The Balaban J connectivity index is 1.32. The summed E-state index contributed by atoms with van der Waals surface area (Å²) in [7, 11) is 1.46. The van der Waals surface area contributed by atoms with Gasteiger partial charge in [-0.05, 0) is 86.0 Å². The lowest BCUT2D eigenvalue weighted by Crippen LogP contribution is -2.41. The lowest BCUT2D eigenvalue weighted by atomic mass is 10.0. The van der Waals surface area contributed by atoms with Crippen LogP contribution in [0.3, 0.4) is 0 Å². The van der Waals surface area contributed by atoms with Crippen molar-refractivity contribution in [3.05, 3.63) is 100 Å². The fraction of sp³-hybridized carbons (Fsp3) is 0.306. The van der Waals surface area contributed by atoms with Gasteiger partial charge in [0.05, 0.1) is 25.3 Å². The predicted octanol–water partition coefficient (Wildman–Crippen LogP) is 6.90. The number of aromatic nitrogens is 1. The SMILES string of the molecule is CCCCCCCOc1ccc(C(=O)Oc2ccc(CC(NC(=O)c3ccc(NC(=O)c4nccs4)cc3)C(C)=O)cc2OC)cc1. The van der Waals surface area contributed by atoms with E-state index >= 15 is 0 Å². The van der Waals surface area contributed by atoms with Gasteiger partial charge in [-0.2, -0.15) is 0 Å². The van der Waals surface area contributed by atoms with Crippen molar-refractivity contribution in [2.24, 2.45) is 0 Å². The second-order valence-electron chi connectivity index (χ2n) is 10.9. The third kappa shape index (κ3) is 10.5. The molecule has 0 aliphatic carbocycles. The van der Waals surface area contributed by atoms with Crippen molar-refractivity contribution in [1.82, 2.24) is 10.3 Å². The number of hydrogen-bond acceptors (Lipinski definition) is 9.